The maximum absolute atomic E-state index is 11.1. The fourth-order valence-corrected chi connectivity index (χ4v) is 3.85. The second-order valence-corrected chi connectivity index (χ2v) is 8.41. The molecule has 2 N–H and O–H groups in total. The number of anilines is 1. The van der Waals surface area contributed by atoms with E-state index < -0.39 is 5.60 Å². The molecule has 1 fully saturated rings. The van der Waals surface area contributed by atoms with Crippen LogP contribution in [0.25, 0.3) is 0 Å². The van der Waals surface area contributed by atoms with Crippen molar-refractivity contribution < 1.29 is 14.6 Å². The topological polar surface area (TPSA) is 83.0 Å². The first-order valence-corrected chi connectivity index (χ1v) is 10.9. The van der Waals surface area contributed by atoms with Gasteiger partial charge in [-0.25, -0.2) is 4.98 Å². The van der Waals surface area contributed by atoms with E-state index in [1.165, 1.54) is 0 Å². The van der Waals surface area contributed by atoms with Crippen LogP contribution in [0.1, 0.15) is 24.8 Å². The maximum Gasteiger partial charge on any atom is 0.161 e. The lowest BCUT2D eigenvalue weighted by molar-refractivity contribution is 0.0258. The van der Waals surface area contributed by atoms with E-state index in [0.717, 1.165) is 55.2 Å². The van der Waals surface area contributed by atoms with Crippen LogP contribution in [-0.4, -0.2) is 79.6 Å². The molecule has 178 valence electrons. The van der Waals surface area contributed by atoms with Gasteiger partial charge in [0.2, 0.25) is 0 Å². The van der Waals surface area contributed by atoms with Crippen molar-refractivity contribution >= 4 is 18.2 Å². The van der Waals surface area contributed by atoms with Crippen LogP contribution in [0.15, 0.2) is 36.8 Å². The summed E-state index contributed by atoms with van der Waals surface area (Å²) in [6, 6.07) is 5.98. The van der Waals surface area contributed by atoms with Crippen molar-refractivity contribution in [1.29, 1.82) is 0 Å². The predicted octanol–water partition coefficient (Wildman–Crippen LogP) is 2.36. The minimum atomic E-state index is -0.796. The number of aromatic nitrogens is 2. The standard InChI is InChI=1S/C23H35N5O3.ClH/c1-27(2)11-5-13-31-20-7-6-19(14-21(20)30-3)15-25-17-23(29)8-4-12-28(18-23)22-16-24-9-10-26-22;/h6-7,9-10,14,16,25,29H,4-5,8,11-13,15,17-18H2,1-3H3;1H. The van der Waals surface area contributed by atoms with Gasteiger partial charge < -0.3 is 29.7 Å². The van der Waals surface area contributed by atoms with Crippen molar-refractivity contribution in [3.05, 3.63) is 42.4 Å². The summed E-state index contributed by atoms with van der Waals surface area (Å²) in [6.07, 6.45) is 7.74. The third kappa shape index (κ3) is 7.78. The molecule has 0 radical (unpaired) electrons. The summed E-state index contributed by atoms with van der Waals surface area (Å²) in [6.45, 7) is 4.22. The summed E-state index contributed by atoms with van der Waals surface area (Å²) < 4.78 is 11.4. The Hall–Kier alpha value is -2.13. The lowest BCUT2D eigenvalue weighted by Gasteiger charge is -2.39. The molecular formula is C23H36ClN5O3. The van der Waals surface area contributed by atoms with Crippen LogP contribution in [0.5, 0.6) is 11.5 Å². The van der Waals surface area contributed by atoms with Gasteiger partial charge in [0.1, 0.15) is 5.82 Å². The molecule has 32 heavy (non-hydrogen) atoms. The normalized spacial score (nSPS) is 18.3. The summed E-state index contributed by atoms with van der Waals surface area (Å²) in [4.78, 5) is 12.7. The van der Waals surface area contributed by atoms with Crippen LogP contribution in [0.4, 0.5) is 5.82 Å². The number of β-amino-alcohol motifs (C(OH)–C–C–N with tert-alkyl or cyclic N) is 1. The minimum Gasteiger partial charge on any atom is -0.493 e. The predicted molar refractivity (Wildman–Crippen MR) is 129 cm³/mol. The SMILES string of the molecule is COc1cc(CNCC2(O)CCCN(c3cnccn3)C2)ccc1OCCCN(C)C.Cl. The summed E-state index contributed by atoms with van der Waals surface area (Å²) in [5, 5.41) is 14.5. The molecule has 1 unspecified atom stereocenters. The molecule has 3 rings (SSSR count). The minimum absolute atomic E-state index is 0. The Labute approximate surface area is 197 Å². The molecule has 2 heterocycles. The van der Waals surface area contributed by atoms with Crippen LogP contribution in [0.2, 0.25) is 0 Å². The number of nitrogens with zero attached hydrogens (tertiary/aromatic N) is 4. The molecule has 1 aromatic heterocycles. The number of hydrogen-bond acceptors (Lipinski definition) is 8. The van der Waals surface area contributed by atoms with Gasteiger partial charge in [-0.15, -0.1) is 12.4 Å². The van der Waals surface area contributed by atoms with Crippen molar-refractivity contribution in [2.24, 2.45) is 0 Å². The Balaban J connectivity index is 0.00000363. The van der Waals surface area contributed by atoms with E-state index in [2.05, 4.69) is 39.2 Å². The van der Waals surface area contributed by atoms with Gasteiger partial charge in [-0.3, -0.25) is 4.98 Å². The molecule has 0 saturated carbocycles. The number of halogens is 1. The second kappa shape index (κ2) is 12.8. The van der Waals surface area contributed by atoms with Gasteiger partial charge in [-0.2, -0.15) is 0 Å². The van der Waals surface area contributed by atoms with Gasteiger partial charge in [0.05, 0.1) is 25.5 Å². The molecule has 0 bridgehead atoms. The fraction of sp³-hybridized carbons (Fsp3) is 0.565. The van der Waals surface area contributed by atoms with E-state index in [4.69, 9.17) is 9.47 Å². The number of nitrogens with one attached hydrogen (secondary N) is 1. The van der Waals surface area contributed by atoms with Crippen molar-refractivity contribution in [2.75, 3.05) is 58.9 Å². The molecule has 8 nitrogen and oxygen atoms in total. The molecule has 1 atom stereocenters. The summed E-state index contributed by atoms with van der Waals surface area (Å²) in [5.74, 6) is 2.30. The Kier molecular flexibility index (Phi) is 10.4. The van der Waals surface area contributed by atoms with Crippen molar-refractivity contribution in [1.82, 2.24) is 20.2 Å². The monoisotopic (exact) mass is 465 g/mol. The molecule has 1 aliphatic rings. The van der Waals surface area contributed by atoms with Crippen molar-refractivity contribution in [2.45, 2.75) is 31.4 Å². The lowest BCUT2D eigenvalue weighted by atomic mass is 9.92. The van der Waals surface area contributed by atoms with Gasteiger partial charge in [-0.05, 0) is 51.1 Å². The summed E-state index contributed by atoms with van der Waals surface area (Å²) in [7, 11) is 5.77. The van der Waals surface area contributed by atoms with E-state index in [-0.39, 0.29) is 12.4 Å². The first kappa shape index (κ1) is 26.1. The first-order chi connectivity index (χ1) is 15.0. The average molecular weight is 466 g/mol. The number of methoxy groups -OCH3 is 1. The molecule has 2 aromatic rings. The molecular weight excluding hydrogens is 430 g/mol. The zero-order valence-electron chi connectivity index (χ0n) is 19.3. The fourth-order valence-electron chi connectivity index (χ4n) is 3.85. The second-order valence-electron chi connectivity index (χ2n) is 8.41. The zero-order chi connectivity index (χ0) is 22.1. The third-order valence-electron chi connectivity index (χ3n) is 5.45. The summed E-state index contributed by atoms with van der Waals surface area (Å²) in [5.41, 5.74) is 0.290. The van der Waals surface area contributed by atoms with Crippen LogP contribution >= 0.6 is 12.4 Å². The smallest absolute Gasteiger partial charge is 0.161 e. The van der Waals surface area contributed by atoms with Crippen molar-refractivity contribution in [3.63, 3.8) is 0 Å². The molecule has 1 aromatic carbocycles. The highest BCUT2D eigenvalue weighted by Crippen LogP contribution is 2.28. The number of ether oxygens (including phenoxy) is 2. The van der Waals surface area contributed by atoms with Gasteiger partial charge in [0, 0.05) is 45.1 Å². The molecule has 0 aliphatic carbocycles. The van der Waals surface area contributed by atoms with E-state index in [1.54, 1.807) is 25.7 Å². The van der Waals surface area contributed by atoms with Crippen LogP contribution < -0.4 is 19.7 Å². The third-order valence-corrected chi connectivity index (χ3v) is 5.45. The van der Waals surface area contributed by atoms with Crippen LogP contribution in [-0.2, 0) is 6.54 Å². The molecule has 0 amide bonds. The highest BCUT2D eigenvalue weighted by Gasteiger charge is 2.33. The highest BCUT2D eigenvalue weighted by molar-refractivity contribution is 5.85. The van der Waals surface area contributed by atoms with E-state index >= 15 is 0 Å². The Morgan fingerprint density at radius 2 is 2.09 bits per heavy atom. The number of aliphatic hydroxyl groups is 1. The molecule has 9 heteroatoms. The van der Waals surface area contributed by atoms with Crippen molar-refractivity contribution in [3.8, 4) is 11.5 Å². The lowest BCUT2D eigenvalue weighted by Crippen LogP contribution is -2.53. The van der Waals surface area contributed by atoms with Crippen LogP contribution in [0, 0.1) is 0 Å². The maximum atomic E-state index is 11.1. The van der Waals surface area contributed by atoms with Gasteiger partial charge in [-0.1, -0.05) is 6.07 Å². The first-order valence-electron chi connectivity index (χ1n) is 10.9. The molecule has 0 spiro atoms. The zero-order valence-corrected chi connectivity index (χ0v) is 20.1. The number of benzene rings is 1. The largest absolute Gasteiger partial charge is 0.493 e. The average Bonchev–Trinajstić information content (AvgIpc) is 2.77. The number of piperidine rings is 1. The van der Waals surface area contributed by atoms with E-state index in [1.807, 2.05) is 18.2 Å². The Bertz CT molecular complexity index is 811. The summed E-state index contributed by atoms with van der Waals surface area (Å²) >= 11 is 0. The van der Waals surface area contributed by atoms with E-state index in [0.29, 0.717) is 26.2 Å². The Morgan fingerprint density at radius 3 is 2.81 bits per heavy atom. The molecule has 1 saturated heterocycles. The number of rotatable bonds is 11. The number of hydrogen-bond donors (Lipinski definition) is 2. The highest BCUT2D eigenvalue weighted by atomic mass is 35.5. The Morgan fingerprint density at radius 1 is 1.25 bits per heavy atom. The van der Waals surface area contributed by atoms with Gasteiger partial charge in [0.25, 0.3) is 0 Å². The van der Waals surface area contributed by atoms with Gasteiger partial charge >= 0.3 is 0 Å². The molecule has 1 aliphatic heterocycles. The van der Waals surface area contributed by atoms with Crippen LogP contribution in [0.3, 0.4) is 0 Å². The van der Waals surface area contributed by atoms with Gasteiger partial charge in [0.15, 0.2) is 11.5 Å². The quantitative estimate of drug-likeness (QED) is 0.489. The van der Waals surface area contributed by atoms with E-state index in [9.17, 15) is 5.11 Å².